The Kier molecular flexibility index (Phi) is 6.29. The lowest BCUT2D eigenvalue weighted by atomic mass is 9.77. The molecule has 56 heavy (non-hydrogen) atoms. The van der Waals surface area contributed by atoms with E-state index < -0.39 is 0 Å². The summed E-state index contributed by atoms with van der Waals surface area (Å²) in [6.45, 7) is 4.74. The van der Waals surface area contributed by atoms with E-state index in [0.717, 1.165) is 5.52 Å². The van der Waals surface area contributed by atoms with Crippen molar-refractivity contribution >= 4 is 87.2 Å². The molecule has 0 atom stereocenters. The average Bonchev–Trinajstić information content (AvgIpc) is 3.96. The van der Waals surface area contributed by atoms with Crippen LogP contribution in [0.2, 0.25) is 0 Å². The Labute approximate surface area is 323 Å². The highest BCUT2D eigenvalue weighted by Gasteiger charge is 2.26. The summed E-state index contributed by atoms with van der Waals surface area (Å²) in [6, 6.07) is 62.9. The van der Waals surface area contributed by atoms with Gasteiger partial charge in [0.1, 0.15) is 0 Å². The lowest BCUT2D eigenvalue weighted by Gasteiger charge is -2.27. The van der Waals surface area contributed by atoms with E-state index in [-0.39, 0.29) is 5.41 Å². The molecule has 4 heterocycles. The van der Waals surface area contributed by atoms with Gasteiger partial charge in [0.15, 0.2) is 0 Å². The standard InChI is InChI=1S/C52H38N4/c1-52(2,32-20-25-50-41(28-32)38-14-6-10-18-48(38)55(50)34-22-24-45-40(30-34)36-12-4-8-16-44(36)53-45)33-21-26-51-42(29-33)39-15-7-11-19-49(39)56(51)35-23-27-47-43(31-35)37-13-5-9-17-46(37)54(47)3/h4-31,53H,1-3H3. The van der Waals surface area contributed by atoms with Crippen molar-refractivity contribution in [2.75, 3.05) is 0 Å². The molecule has 0 saturated heterocycles. The van der Waals surface area contributed by atoms with Crippen molar-refractivity contribution in [1.82, 2.24) is 18.7 Å². The van der Waals surface area contributed by atoms with Gasteiger partial charge in [0.25, 0.3) is 0 Å². The van der Waals surface area contributed by atoms with Crippen LogP contribution in [0.15, 0.2) is 170 Å². The Hall–Kier alpha value is -7.04. The maximum atomic E-state index is 3.60. The second kappa shape index (κ2) is 11.2. The molecule has 4 nitrogen and oxygen atoms in total. The first-order valence-corrected chi connectivity index (χ1v) is 19.5. The van der Waals surface area contributed by atoms with E-state index in [1.807, 2.05) is 0 Å². The first-order chi connectivity index (χ1) is 27.4. The van der Waals surface area contributed by atoms with Crippen molar-refractivity contribution in [3.63, 3.8) is 0 Å². The topological polar surface area (TPSA) is 30.6 Å². The van der Waals surface area contributed by atoms with Gasteiger partial charge in [-0.1, -0.05) is 98.8 Å². The van der Waals surface area contributed by atoms with Crippen LogP contribution in [0.1, 0.15) is 25.0 Å². The summed E-state index contributed by atoms with van der Waals surface area (Å²) in [5.74, 6) is 0. The van der Waals surface area contributed by atoms with Gasteiger partial charge >= 0.3 is 0 Å². The molecule has 0 unspecified atom stereocenters. The van der Waals surface area contributed by atoms with E-state index >= 15 is 0 Å². The molecule has 1 N–H and O–H groups in total. The molecule has 4 aromatic heterocycles. The Bertz CT molecular complexity index is 3580. The minimum absolute atomic E-state index is 0.250. The van der Waals surface area contributed by atoms with Gasteiger partial charge in [-0.3, -0.25) is 0 Å². The molecular weight excluding hydrogens is 681 g/mol. The second-order valence-corrected chi connectivity index (χ2v) is 16.0. The number of aryl methyl sites for hydroxylation is 1. The van der Waals surface area contributed by atoms with Crippen molar-refractivity contribution < 1.29 is 0 Å². The molecule has 0 aliphatic carbocycles. The van der Waals surface area contributed by atoms with Gasteiger partial charge in [0, 0.05) is 89.0 Å². The lowest BCUT2D eigenvalue weighted by Crippen LogP contribution is -2.18. The van der Waals surface area contributed by atoms with E-state index in [2.05, 4.69) is 209 Å². The third-order valence-corrected chi connectivity index (χ3v) is 12.7. The van der Waals surface area contributed by atoms with Gasteiger partial charge in [-0.15, -0.1) is 0 Å². The van der Waals surface area contributed by atoms with Crippen molar-refractivity contribution in [2.45, 2.75) is 19.3 Å². The molecule has 12 aromatic rings. The van der Waals surface area contributed by atoms with Gasteiger partial charge in [0.05, 0.1) is 22.1 Å². The van der Waals surface area contributed by atoms with Crippen LogP contribution in [0.4, 0.5) is 0 Å². The highest BCUT2D eigenvalue weighted by Crippen LogP contribution is 2.42. The number of nitrogens with one attached hydrogen (secondary N) is 1. The van der Waals surface area contributed by atoms with Gasteiger partial charge in [-0.25, -0.2) is 0 Å². The summed E-state index contributed by atoms with van der Waals surface area (Å²) in [6.07, 6.45) is 0. The monoisotopic (exact) mass is 718 g/mol. The summed E-state index contributed by atoms with van der Waals surface area (Å²) < 4.78 is 7.17. The summed E-state index contributed by atoms with van der Waals surface area (Å²) in [5, 5.41) is 10.1. The molecule has 0 amide bonds. The van der Waals surface area contributed by atoms with Crippen LogP contribution in [0.3, 0.4) is 0 Å². The molecule has 12 rings (SSSR count). The molecule has 0 aliphatic rings. The maximum absolute atomic E-state index is 3.60. The number of fused-ring (bicyclic) bond motifs is 12. The van der Waals surface area contributed by atoms with Crippen molar-refractivity contribution in [3.05, 3.63) is 181 Å². The Morgan fingerprint density at radius 2 is 0.768 bits per heavy atom. The predicted octanol–water partition coefficient (Wildman–Crippen LogP) is 13.5. The zero-order valence-electron chi connectivity index (χ0n) is 31.5. The van der Waals surface area contributed by atoms with E-state index in [9.17, 15) is 0 Å². The normalized spacial score (nSPS) is 12.6. The van der Waals surface area contributed by atoms with Crippen LogP contribution in [0.25, 0.3) is 98.6 Å². The molecule has 0 spiro atoms. The predicted molar refractivity (Wildman–Crippen MR) is 237 cm³/mol. The Morgan fingerprint density at radius 1 is 0.357 bits per heavy atom. The molecular formula is C52H38N4. The number of para-hydroxylation sites is 4. The molecule has 0 fully saturated rings. The zero-order chi connectivity index (χ0) is 37.3. The minimum atomic E-state index is -0.250. The third-order valence-electron chi connectivity index (χ3n) is 12.7. The number of hydrogen-bond acceptors (Lipinski definition) is 0. The SMILES string of the molecule is Cn1c2ccccc2c2cc(-n3c4ccccc4c4cc(C(C)(C)c5ccc6c(c5)c5ccccc5n6-c5ccc6[nH]c7ccccc7c6c5)ccc43)ccc21. The van der Waals surface area contributed by atoms with E-state index in [1.165, 1.54) is 104 Å². The summed E-state index contributed by atoms with van der Waals surface area (Å²) in [5.41, 5.74) is 14.4. The number of benzene rings is 8. The molecule has 0 bridgehead atoms. The highest BCUT2D eigenvalue weighted by atomic mass is 15.0. The number of rotatable bonds is 4. The minimum Gasteiger partial charge on any atom is -0.355 e. The maximum Gasteiger partial charge on any atom is 0.0541 e. The van der Waals surface area contributed by atoms with Gasteiger partial charge in [-0.05, 0) is 96.1 Å². The number of aromatic nitrogens is 4. The number of hydrogen-bond donors (Lipinski definition) is 1. The Morgan fingerprint density at radius 3 is 1.39 bits per heavy atom. The van der Waals surface area contributed by atoms with Crippen LogP contribution in [-0.2, 0) is 12.5 Å². The van der Waals surface area contributed by atoms with Crippen LogP contribution >= 0.6 is 0 Å². The van der Waals surface area contributed by atoms with E-state index in [0.29, 0.717) is 0 Å². The van der Waals surface area contributed by atoms with Crippen molar-refractivity contribution in [1.29, 1.82) is 0 Å². The van der Waals surface area contributed by atoms with Crippen LogP contribution in [0, 0.1) is 0 Å². The van der Waals surface area contributed by atoms with Gasteiger partial charge in [0.2, 0.25) is 0 Å². The number of H-pyrrole nitrogens is 1. The van der Waals surface area contributed by atoms with E-state index in [4.69, 9.17) is 0 Å². The zero-order valence-corrected chi connectivity index (χ0v) is 31.5. The molecule has 8 aromatic carbocycles. The molecule has 0 saturated carbocycles. The van der Waals surface area contributed by atoms with Gasteiger partial charge < -0.3 is 18.7 Å². The molecule has 0 aliphatic heterocycles. The average molecular weight is 719 g/mol. The molecule has 0 radical (unpaired) electrons. The number of aromatic amines is 1. The van der Waals surface area contributed by atoms with Crippen LogP contribution in [0.5, 0.6) is 0 Å². The second-order valence-electron chi connectivity index (χ2n) is 16.0. The molecule has 266 valence electrons. The molecule has 4 heteroatoms. The summed E-state index contributed by atoms with van der Waals surface area (Å²) in [4.78, 5) is 3.60. The quantitative estimate of drug-likeness (QED) is 0.188. The third kappa shape index (κ3) is 4.24. The van der Waals surface area contributed by atoms with Gasteiger partial charge in [-0.2, -0.15) is 0 Å². The van der Waals surface area contributed by atoms with Crippen LogP contribution < -0.4 is 0 Å². The fourth-order valence-electron chi connectivity index (χ4n) is 9.72. The van der Waals surface area contributed by atoms with Crippen molar-refractivity contribution in [3.8, 4) is 11.4 Å². The summed E-state index contributed by atoms with van der Waals surface area (Å²) >= 11 is 0. The highest BCUT2D eigenvalue weighted by molar-refractivity contribution is 6.13. The lowest BCUT2D eigenvalue weighted by molar-refractivity contribution is 0.643. The largest absolute Gasteiger partial charge is 0.355 e. The first-order valence-electron chi connectivity index (χ1n) is 19.5. The fourth-order valence-corrected chi connectivity index (χ4v) is 9.72. The first kappa shape index (κ1) is 31.3. The smallest absolute Gasteiger partial charge is 0.0541 e. The Balaban J connectivity index is 1.01. The number of nitrogens with zero attached hydrogens (tertiary/aromatic N) is 3. The van der Waals surface area contributed by atoms with Crippen molar-refractivity contribution in [2.24, 2.45) is 7.05 Å². The fraction of sp³-hybridized carbons (Fsp3) is 0.0769. The van der Waals surface area contributed by atoms with Crippen LogP contribution in [-0.4, -0.2) is 18.7 Å². The summed E-state index contributed by atoms with van der Waals surface area (Å²) in [7, 11) is 2.16. The van der Waals surface area contributed by atoms with E-state index in [1.54, 1.807) is 0 Å².